The second kappa shape index (κ2) is 6.09. The van der Waals surface area contributed by atoms with Gasteiger partial charge in [0.15, 0.2) is 0 Å². The predicted octanol–water partition coefficient (Wildman–Crippen LogP) is 3.22. The average molecular weight is 306 g/mol. The molecule has 0 bridgehead atoms. The minimum absolute atomic E-state index is 0.113. The number of aryl methyl sites for hydroxylation is 2. The highest BCUT2D eigenvalue weighted by Gasteiger charge is 2.35. The van der Waals surface area contributed by atoms with Crippen LogP contribution in [-0.2, 0) is 12.8 Å². The van der Waals surface area contributed by atoms with Crippen LogP contribution in [-0.4, -0.2) is 30.4 Å². The van der Waals surface area contributed by atoms with Crippen LogP contribution in [0.2, 0.25) is 0 Å². The van der Waals surface area contributed by atoms with Crippen molar-refractivity contribution >= 4 is 17.2 Å². The van der Waals surface area contributed by atoms with E-state index in [1.807, 2.05) is 4.90 Å². The molecule has 3 rings (SSSR count). The first-order valence-electron chi connectivity index (χ1n) is 8.22. The molecule has 116 valence electrons. The molecular formula is C17H26N2OS. The highest BCUT2D eigenvalue weighted by atomic mass is 32.1. The van der Waals surface area contributed by atoms with Crippen molar-refractivity contribution in [2.75, 3.05) is 19.6 Å². The fourth-order valence-corrected chi connectivity index (χ4v) is 4.69. The fourth-order valence-electron chi connectivity index (χ4n) is 3.47. The van der Waals surface area contributed by atoms with E-state index < -0.39 is 0 Å². The number of hydrogen-bond donors (Lipinski definition) is 1. The Hall–Kier alpha value is -0.870. The summed E-state index contributed by atoms with van der Waals surface area (Å²) in [6, 6.07) is 2.17. The maximum Gasteiger partial charge on any atom is 0.263 e. The minimum atomic E-state index is 0.113. The minimum Gasteiger partial charge on any atom is -0.337 e. The number of fused-ring (bicyclic) bond motifs is 1. The molecule has 0 saturated carbocycles. The molecule has 1 aromatic heterocycles. The zero-order chi connectivity index (χ0) is 14.9. The molecule has 0 radical (unpaired) electrons. The van der Waals surface area contributed by atoms with E-state index in [1.54, 1.807) is 11.3 Å². The Morgan fingerprint density at radius 2 is 2.10 bits per heavy atom. The molecular weight excluding hydrogens is 280 g/mol. The third-order valence-electron chi connectivity index (χ3n) is 5.05. The summed E-state index contributed by atoms with van der Waals surface area (Å²) in [6.07, 6.45) is 8.55. The molecule has 1 aliphatic carbocycles. The van der Waals surface area contributed by atoms with E-state index in [4.69, 9.17) is 5.73 Å². The number of likely N-dealkylation sites (tertiary alicyclic amines) is 1. The zero-order valence-electron chi connectivity index (χ0n) is 13.0. The van der Waals surface area contributed by atoms with Gasteiger partial charge in [-0.15, -0.1) is 11.3 Å². The summed E-state index contributed by atoms with van der Waals surface area (Å²) >= 11 is 1.74. The van der Waals surface area contributed by atoms with Gasteiger partial charge in [-0.25, -0.2) is 0 Å². The smallest absolute Gasteiger partial charge is 0.263 e. The van der Waals surface area contributed by atoms with Gasteiger partial charge >= 0.3 is 0 Å². The molecule has 3 nitrogen and oxygen atoms in total. The van der Waals surface area contributed by atoms with Gasteiger partial charge in [-0.3, -0.25) is 4.79 Å². The van der Waals surface area contributed by atoms with E-state index in [1.165, 1.54) is 36.1 Å². The summed E-state index contributed by atoms with van der Waals surface area (Å²) in [7, 11) is 0. The van der Waals surface area contributed by atoms with Gasteiger partial charge in [0.05, 0.1) is 4.88 Å². The van der Waals surface area contributed by atoms with Crippen LogP contribution < -0.4 is 5.73 Å². The fraction of sp³-hybridized carbons (Fsp3) is 0.706. The third-order valence-corrected chi connectivity index (χ3v) is 6.27. The van der Waals surface area contributed by atoms with Crippen LogP contribution in [0.1, 0.15) is 59.1 Å². The van der Waals surface area contributed by atoms with Crippen LogP contribution in [0.3, 0.4) is 0 Å². The summed E-state index contributed by atoms with van der Waals surface area (Å²) in [6.45, 7) is 4.52. The van der Waals surface area contributed by atoms with Crippen molar-refractivity contribution in [3.05, 3.63) is 21.4 Å². The molecule has 1 amide bonds. The lowest BCUT2D eigenvalue weighted by molar-refractivity contribution is 0.0781. The highest BCUT2D eigenvalue weighted by Crippen LogP contribution is 2.33. The Balaban J connectivity index is 1.75. The largest absolute Gasteiger partial charge is 0.337 e. The van der Waals surface area contributed by atoms with Crippen molar-refractivity contribution in [1.29, 1.82) is 0 Å². The van der Waals surface area contributed by atoms with Gasteiger partial charge in [-0.2, -0.15) is 0 Å². The summed E-state index contributed by atoms with van der Waals surface area (Å²) in [5.41, 5.74) is 7.39. The van der Waals surface area contributed by atoms with E-state index in [0.717, 1.165) is 37.2 Å². The SMILES string of the molecule is CC1(CN)CCN(C(=O)c2cc3c(s2)CCCCCC3)C1. The molecule has 0 spiro atoms. The number of nitrogens with zero attached hydrogens (tertiary/aromatic N) is 1. The molecule has 4 heteroatoms. The van der Waals surface area contributed by atoms with Gasteiger partial charge in [-0.05, 0) is 55.7 Å². The number of carbonyl (C=O) groups is 1. The van der Waals surface area contributed by atoms with E-state index in [-0.39, 0.29) is 11.3 Å². The standard InChI is InChI=1S/C17H26N2OS/c1-17(11-18)8-9-19(12-17)16(20)15-10-13-6-4-2-3-5-7-14(13)21-15/h10H,2-9,11-12,18H2,1H3. The normalized spacial score (nSPS) is 26.3. The number of thiophene rings is 1. The van der Waals surface area contributed by atoms with E-state index >= 15 is 0 Å². The van der Waals surface area contributed by atoms with E-state index in [2.05, 4.69) is 13.0 Å². The van der Waals surface area contributed by atoms with E-state index in [0.29, 0.717) is 6.54 Å². The third kappa shape index (κ3) is 3.16. The van der Waals surface area contributed by atoms with Crippen molar-refractivity contribution in [2.24, 2.45) is 11.1 Å². The zero-order valence-corrected chi connectivity index (χ0v) is 13.8. The van der Waals surface area contributed by atoms with Crippen molar-refractivity contribution in [3.8, 4) is 0 Å². The maximum atomic E-state index is 12.7. The first-order valence-corrected chi connectivity index (χ1v) is 9.04. The van der Waals surface area contributed by atoms with E-state index in [9.17, 15) is 4.79 Å². The van der Waals surface area contributed by atoms with Crippen LogP contribution in [0, 0.1) is 5.41 Å². The van der Waals surface area contributed by atoms with Crippen molar-refractivity contribution < 1.29 is 4.79 Å². The first-order chi connectivity index (χ1) is 10.1. The number of nitrogens with two attached hydrogens (primary N) is 1. The topological polar surface area (TPSA) is 46.3 Å². The summed E-state index contributed by atoms with van der Waals surface area (Å²) in [4.78, 5) is 17.1. The van der Waals surface area contributed by atoms with Crippen LogP contribution in [0.15, 0.2) is 6.07 Å². The number of carbonyl (C=O) groups excluding carboxylic acids is 1. The summed E-state index contributed by atoms with van der Waals surface area (Å²) in [5, 5.41) is 0. The second-order valence-corrected chi connectivity index (χ2v) is 8.10. The molecule has 21 heavy (non-hydrogen) atoms. The second-order valence-electron chi connectivity index (χ2n) is 6.96. The van der Waals surface area contributed by atoms with Gasteiger partial charge < -0.3 is 10.6 Å². The molecule has 1 aromatic rings. The van der Waals surface area contributed by atoms with Gasteiger partial charge in [0.25, 0.3) is 5.91 Å². The van der Waals surface area contributed by atoms with Gasteiger partial charge in [0.2, 0.25) is 0 Å². The Bertz CT molecular complexity index is 499. The van der Waals surface area contributed by atoms with Crippen molar-refractivity contribution in [1.82, 2.24) is 4.90 Å². The molecule has 0 aromatic carbocycles. The lowest BCUT2D eigenvalue weighted by Crippen LogP contribution is -2.34. The number of hydrogen-bond acceptors (Lipinski definition) is 3. The van der Waals surface area contributed by atoms with Crippen LogP contribution in [0.4, 0.5) is 0 Å². The number of rotatable bonds is 2. The van der Waals surface area contributed by atoms with Crippen molar-refractivity contribution in [3.63, 3.8) is 0 Å². The van der Waals surface area contributed by atoms with Crippen LogP contribution in [0.5, 0.6) is 0 Å². The Labute approximate surface area is 131 Å². The molecule has 2 aliphatic rings. The van der Waals surface area contributed by atoms with Gasteiger partial charge in [-0.1, -0.05) is 19.8 Å². The molecule has 1 aliphatic heterocycles. The van der Waals surface area contributed by atoms with Gasteiger partial charge in [0.1, 0.15) is 0 Å². The predicted molar refractivity (Wildman–Crippen MR) is 87.9 cm³/mol. The molecule has 2 N–H and O–H groups in total. The Morgan fingerprint density at radius 1 is 1.33 bits per heavy atom. The van der Waals surface area contributed by atoms with Gasteiger partial charge in [0, 0.05) is 18.0 Å². The Kier molecular flexibility index (Phi) is 4.36. The maximum absolute atomic E-state index is 12.7. The highest BCUT2D eigenvalue weighted by molar-refractivity contribution is 7.14. The lowest BCUT2D eigenvalue weighted by atomic mass is 9.90. The number of amides is 1. The van der Waals surface area contributed by atoms with Crippen LogP contribution >= 0.6 is 11.3 Å². The summed E-state index contributed by atoms with van der Waals surface area (Å²) < 4.78 is 0. The molecule has 1 atom stereocenters. The molecule has 1 saturated heterocycles. The molecule has 1 fully saturated rings. The van der Waals surface area contributed by atoms with Crippen molar-refractivity contribution in [2.45, 2.75) is 51.9 Å². The first kappa shape index (κ1) is 15.0. The molecule has 2 heterocycles. The lowest BCUT2D eigenvalue weighted by Gasteiger charge is -2.22. The summed E-state index contributed by atoms with van der Waals surface area (Å²) in [5.74, 6) is 0.226. The monoisotopic (exact) mass is 306 g/mol. The molecule has 1 unspecified atom stereocenters. The average Bonchev–Trinajstić information content (AvgIpc) is 3.03. The quantitative estimate of drug-likeness (QED) is 0.912. The van der Waals surface area contributed by atoms with Crippen LogP contribution in [0.25, 0.3) is 0 Å². The Morgan fingerprint density at radius 3 is 2.81 bits per heavy atom.